The van der Waals surface area contributed by atoms with E-state index in [-0.39, 0.29) is 11.7 Å². The van der Waals surface area contributed by atoms with Crippen LogP contribution in [0.3, 0.4) is 0 Å². The molecule has 0 unspecified atom stereocenters. The van der Waals surface area contributed by atoms with Crippen molar-refractivity contribution >= 4 is 11.4 Å². The van der Waals surface area contributed by atoms with Crippen LogP contribution in [-0.4, -0.2) is 32.0 Å². The standard InChI is InChI=1S/C16H20FN3O/c1-11-9-12(2)18-19-16(11)13-3-4-15(14(17)10-13)20-5-7-21-8-6-20/h3-4,10-11,18H,2,5-9H2,1H3/t11-/m1/s1. The molecule has 3 rings (SSSR count). The summed E-state index contributed by atoms with van der Waals surface area (Å²) in [6.07, 6.45) is 0.825. The van der Waals surface area contributed by atoms with E-state index in [2.05, 4.69) is 24.0 Å². The number of hydrogen-bond acceptors (Lipinski definition) is 4. The van der Waals surface area contributed by atoms with E-state index >= 15 is 0 Å². The summed E-state index contributed by atoms with van der Waals surface area (Å²) in [4.78, 5) is 2.02. The number of hydrogen-bond donors (Lipinski definition) is 1. The number of ether oxygens (including phenoxy) is 1. The number of rotatable bonds is 2. The van der Waals surface area contributed by atoms with Gasteiger partial charge in [0.15, 0.2) is 0 Å². The Morgan fingerprint density at radius 2 is 2.14 bits per heavy atom. The fourth-order valence-electron chi connectivity index (χ4n) is 2.84. The quantitative estimate of drug-likeness (QED) is 0.909. The van der Waals surface area contributed by atoms with Gasteiger partial charge in [-0.3, -0.25) is 5.43 Å². The summed E-state index contributed by atoms with van der Waals surface area (Å²) in [5.41, 5.74) is 6.16. The van der Waals surface area contributed by atoms with Crippen molar-refractivity contribution in [1.82, 2.24) is 5.43 Å². The number of allylic oxidation sites excluding steroid dienone is 1. The van der Waals surface area contributed by atoms with Crippen LogP contribution in [0.2, 0.25) is 0 Å². The lowest BCUT2D eigenvalue weighted by molar-refractivity contribution is 0.122. The van der Waals surface area contributed by atoms with Crippen molar-refractivity contribution in [3.63, 3.8) is 0 Å². The molecule has 2 aliphatic heterocycles. The van der Waals surface area contributed by atoms with Gasteiger partial charge in [-0.25, -0.2) is 4.39 Å². The highest BCUT2D eigenvalue weighted by molar-refractivity contribution is 6.02. The van der Waals surface area contributed by atoms with Crippen molar-refractivity contribution in [2.75, 3.05) is 31.2 Å². The average Bonchev–Trinajstić information content (AvgIpc) is 2.48. The van der Waals surface area contributed by atoms with E-state index in [4.69, 9.17) is 4.74 Å². The number of anilines is 1. The van der Waals surface area contributed by atoms with E-state index in [1.807, 2.05) is 17.0 Å². The first kappa shape index (κ1) is 14.1. The summed E-state index contributed by atoms with van der Waals surface area (Å²) in [7, 11) is 0. The molecule has 5 heteroatoms. The molecule has 0 amide bonds. The van der Waals surface area contributed by atoms with E-state index in [1.165, 1.54) is 0 Å². The Morgan fingerprint density at radius 1 is 1.38 bits per heavy atom. The van der Waals surface area contributed by atoms with Crippen molar-refractivity contribution in [1.29, 1.82) is 0 Å². The normalized spacial score (nSPS) is 22.8. The average molecular weight is 289 g/mol. The highest BCUT2D eigenvalue weighted by Crippen LogP contribution is 2.25. The number of nitrogens with zero attached hydrogens (tertiary/aromatic N) is 2. The molecule has 0 saturated carbocycles. The second-order valence-electron chi connectivity index (χ2n) is 5.58. The van der Waals surface area contributed by atoms with Gasteiger partial charge < -0.3 is 9.64 Å². The Labute approximate surface area is 124 Å². The van der Waals surface area contributed by atoms with Gasteiger partial charge in [0.25, 0.3) is 0 Å². The second kappa shape index (κ2) is 5.85. The lowest BCUT2D eigenvalue weighted by atomic mass is 9.93. The Balaban J connectivity index is 1.85. The Bertz CT molecular complexity index is 579. The van der Waals surface area contributed by atoms with Gasteiger partial charge in [0.1, 0.15) is 5.82 Å². The zero-order valence-corrected chi connectivity index (χ0v) is 12.2. The van der Waals surface area contributed by atoms with E-state index in [9.17, 15) is 4.39 Å². The number of halogens is 1. The predicted molar refractivity (Wildman–Crippen MR) is 82.0 cm³/mol. The minimum absolute atomic E-state index is 0.200. The summed E-state index contributed by atoms with van der Waals surface area (Å²) in [6, 6.07) is 5.36. The molecule has 0 aliphatic carbocycles. The number of morpholine rings is 1. The van der Waals surface area contributed by atoms with Crippen molar-refractivity contribution in [3.05, 3.63) is 41.9 Å². The summed E-state index contributed by atoms with van der Waals surface area (Å²) in [5, 5.41) is 4.31. The zero-order valence-electron chi connectivity index (χ0n) is 12.2. The monoisotopic (exact) mass is 289 g/mol. The molecule has 4 nitrogen and oxygen atoms in total. The molecule has 1 aromatic rings. The maximum atomic E-state index is 14.4. The Morgan fingerprint density at radius 3 is 2.81 bits per heavy atom. The van der Waals surface area contributed by atoms with E-state index in [1.54, 1.807) is 6.07 Å². The molecule has 2 aliphatic rings. The summed E-state index contributed by atoms with van der Waals surface area (Å²) in [6.45, 7) is 8.72. The van der Waals surface area contributed by atoms with Crippen molar-refractivity contribution < 1.29 is 9.13 Å². The van der Waals surface area contributed by atoms with Gasteiger partial charge >= 0.3 is 0 Å². The van der Waals surface area contributed by atoms with Crippen LogP contribution in [-0.2, 0) is 4.74 Å². The largest absolute Gasteiger partial charge is 0.378 e. The van der Waals surface area contributed by atoms with Crippen LogP contribution in [0.5, 0.6) is 0 Å². The number of hydrazone groups is 1. The van der Waals surface area contributed by atoms with Gasteiger partial charge in [0.2, 0.25) is 0 Å². The number of benzene rings is 1. The third kappa shape index (κ3) is 2.93. The van der Waals surface area contributed by atoms with Crippen molar-refractivity contribution in [2.24, 2.45) is 11.0 Å². The first-order valence-electron chi connectivity index (χ1n) is 7.29. The van der Waals surface area contributed by atoms with Gasteiger partial charge in [-0.2, -0.15) is 5.10 Å². The molecule has 1 saturated heterocycles. The smallest absolute Gasteiger partial charge is 0.147 e. The minimum Gasteiger partial charge on any atom is -0.378 e. The molecule has 0 radical (unpaired) electrons. The van der Waals surface area contributed by atoms with Crippen LogP contribution in [0.4, 0.5) is 10.1 Å². The zero-order chi connectivity index (χ0) is 14.8. The second-order valence-corrected chi connectivity index (χ2v) is 5.58. The fourth-order valence-corrected chi connectivity index (χ4v) is 2.84. The molecular weight excluding hydrogens is 269 g/mol. The molecule has 1 aromatic carbocycles. The van der Waals surface area contributed by atoms with Crippen LogP contribution in [0.1, 0.15) is 18.9 Å². The van der Waals surface area contributed by atoms with Gasteiger partial charge in [-0.1, -0.05) is 19.6 Å². The van der Waals surface area contributed by atoms with Crippen LogP contribution >= 0.6 is 0 Å². The fraction of sp³-hybridized carbons (Fsp3) is 0.438. The molecule has 112 valence electrons. The molecule has 21 heavy (non-hydrogen) atoms. The number of nitrogens with one attached hydrogen (secondary N) is 1. The van der Waals surface area contributed by atoms with E-state index in [0.29, 0.717) is 18.9 Å². The molecule has 2 heterocycles. The summed E-state index contributed by atoms with van der Waals surface area (Å²) >= 11 is 0. The maximum absolute atomic E-state index is 14.4. The predicted octanol–water partition coefficient (Wildman–Crippen LogP) is 2.51. The first-order chi connectivity index (χ1) is 10.1. The molecule has 0 spiro atoms. The highest BCUT2D eigenvalue weighted by atomic mass is 19.1. The first-order valence-corrected chi connectivity index (χ1v) is 7.29. The van der Waals surface area contributed by atoms with Crippen LogP contribution in [0, 0.1) is 11.7 Å². The van der Waals surface area contributed by atoms with Gasteiger partial charge in [-0.15, -0.1) is 0 Å². The molecule has 1 N–H and O–H groups in total. The molecule has 1 atom stereocenters. The van der Waals surface area contributed by atoms with Gasteiger partial charge in [-0.05, 0) is 18.6 Å². The Hall–Kier alpha value is -1.88. The van der Waals surface area contributed by atoms with Crippen LogP contribution < -0.4 is 10.3 Å². The van der Waals surface area contributed by atoms with Gasteiger partial charge in [0.05, 0.1) is 24.6 Å². The molecule has 1 fully saturated rings. The van der Waals surface area contributed by atoms with E-state index in [0.717, 1.165) is 36.5 Å². The SMILES string of the molecule is C=C1C[C@@H](C)C(c2ccc(N3CCOCC3)c(F)c2)=NN1. The lowest BCUT2D eigenvalue weighted by Gasteiger charge is -2.29. The maximum Gasteiger partial charge on any atom is 0.147 e. The summed E-state index contributed by atoms with van der Waals surface area (Å²) in [5.74, 6) is 0.0427. The molecule has 0 aromatic heterocycles. The highest BCUT2D eigenvalue weighted by Gasteiger charge is 2.21. The van der Waals surface area contributed by atoms with Crippen LogP contribution in [0.25, 0.3) is 0 Å². The van der Waals surface area contributed by atoms with Crippen LogP contribution in [0.15, 0.2) is 35.6 Å². The third-order valence-corrected chi connectivity index (χ3v) is 3.95. The van der Waals surface area contributed by atoms with Gasteiger partial charge in [0, 0.05) is 30.3 Å². The molecular formula is C16H20FN3O. The van der Waals surface area contributed by atoms with Crippen molar-refractivity contribution in [3.8, 4) is 0 Å². The lowest BCUT2D eigenvalue weighted by Crippen LogP contribution is -2.36. The van der Waals surface area contributed by atoms with E-state index < -0.39 is 0 Å². The molecule has 0 bridgehead atoms. The minimum atomic E-state index is -0.200. The van der Waals surface area contributed by atoms with Crippen molar-refractivity contribution in [2.45, 2.75) is 13.3 Å². The Kier molecular flexibility index (Phi) is 3.92. The summed E-state index contributed by atoms with van der Waals surface area (Å²) < 4.78 is 19.7. The topological polar surface area (TPSA) is 36.9 Å². The third-order valence-electron chi connectivity index (χ3n) is 3.95.